The maximum atomic E-state index is 12.4. The smallest absolute Gasteiger partial charge is 0.333 e. The van der Waals surface area contributed by atoms with Crippen LogP contribution in [0.4, 0.5) is 0 Å². The zero-order valence-electron chi connectivity index (χ0n) is 14.2. The Balaban J connectivity index is 3.22. The number of hydrogen-bond acceptors (Lipinski definition) is 6. The normalized spacial score (nSPS) is 25.2. The molecule has 0 heterocycles. The molecule has 0 aromatic rings. The summed E-state index contributed by atoms with van der Waals surface area (Å²) in [6.07, 6.45) is 1.26. The van der Waals surface area contributed by atoms with Gasteiger partial charge in [0.05, 0.1) is 6.61 Å². The molecule has 0 saturated carbocycles. The summed E-state index contributed by atoms with van der Waals surface area (Å²) in [4.78, 5) is 35.7. The highest BCUT2D eigenvalue weighted by molar-refractivity contribution is 6.01. The number of Topliss-reactive ketones (excluding diaryl/α,β-unsaturated/α-hetero) is 1. The summed E-state index contributed by atoms with van der Waals surface area (Å²) in [5.41, 5.74) is 0.525. The van der Waals surface area contributed by atoms with Crippen LogP contribution < -0.4 is 0 Å². The molecule has 3 unspecified atom stereocenters. The Hall–Kier alpha value is -1.95. The first kappa shape index (κ1) is 19.1. The number of hydrogen-bond donors (Lipinski definition) is 1. The quantitative estimate of drug-likeness (QED) is 0.610. The number of aliphatic hydroxyl groups is 1. The molecular formula is C17H24O6. The van der Waals surface area contributed by atoms with Crippen LogP contribution in [0.2, 0.25) is 0 Å². The zero-order chi connectivity index (χ0) is 17.7. The van der Waals surface area contributed by atoms with Crippen molar-refractivity contribution < 1.29 is 29.0 Å². The fourth-order valence-electron chi connectivity index (χ4n) is 2.54. The fraction of sp³-hybridized carbons (Fsp3) is 0.588. The SMILES string of the molecule is CC=C(C)C(=O)OC1C=C(CO)C(=O)C(OC(C)=O)C1C(C)C. The average Bonchev–Trinajstić information content (AvgIpc) is 2.48. The van der Waals surface area contributed by atoms with E-state index in [0.29, 0.717) is 5.57 Å². The van der Waals surface area contributed by atoms with E-state index in [4.69, 9.17) is 9.47 Å². The molecule has 23 heavy (non-hydrogen) atoms. The van der Waals surface area contributed by atoms with Crippen LogP contribution in [0, 0.1) is 11.8 Å². The Morgan fingerprint density at radius 1 is 1.30 bits per heavy atom. The molecule has 3 atom stereocenters. The van der Waals surface area contributed by atoms with Gasteiger partial charge in [-0.1, -0.05) is 19.9 Å². The second kappa shape index (κ2) is 8.06. The minimum atomic E-state index is -1.07. The molecule has 0 aromatic carbocycles. The topological polar surface area (TPSA) is 89.9 Å². The number of ether oxygens (including phenoxy) is 2. The van der Waals surface area contributed by atoms with E-state index in [9.17, 15) is 19.5 Å². The van der Waals surface area contributed by atoms with E-state index in [1.54, 1.807) is 19.9 Å². The van der Waals surface area contributed by atoms with Crippen molar-refractivity contribution in [3.63, 3.8) is 0 Å². The van der Waals surface area contributed by atoms with E-state index in [1.807, 2.05) is 13.8 Å². The monoisotopic (exact) mass is 324 g/mol. The van der Waals surface area contributed by atoms with Gasteiger partial charge in [-0.2, -0.15) is 0 Å². The van der Waals surface area contributed by atoms with Gasteiger partial charge in [-0.25, -0.2) is 4.79 Å². The summed E-state index contributed by atoms with van der Waals surface area (Å²) < 4.78 is 10.6. The van der Waals surface area contributed by atoms with E-state index in [2.05, 4.69) is 0 Å². The molecule has 6 nitrogen and oxygen atoms in total. The Labute approximate surface area is 136 Å². The van der Waals surface area contributed by atoms with Crippen molar-refractivity contribution in [2.45, 2.75) is 46.8 Å². The fourth-order valence-corrected chi connectivity index (χ4v) is 2.54. The zero-order valence-corrected chi connectivity index (χ0v) is 14.2. The van der Waals surface area contributed by atoms with Gasteiger partial charge in [-0.15, -0.1) is 0 Å². The Kier molecular flexibility index (Phi) is 6.69. The van der Waals surface area contributed by atoms with Gasteiger partial charge in [-0.3, -0.25) is 9.59 Å². The van der Waals surface area contributed by atoms with Crippen LogP contribution >= 0.6 is 0 Å². The molecular weight excluding hydrogens is 300 g/mol. The largest absolute Gasteiger partial charge is 0.454 e. The van der Waals surface area contributed by atoms with Crippen LogP contribution in [-0.2, 0) is 23.9 Å². The third-order valence-corrected chi connectivity index (χ3v) is 3.90. The number of carbonyl (C=O) groups is 3. The molecule has 0 bridgehead atoms. The maximum absolute atomic E-state index is 12.4. The molecule has 0 amide bonds. The van der Waals surface area contributed by atoms with Gasteiger partial charge in [0.1, 0.15) is 6.10 Å². The molecule has 1 aliphatic rings. The molecule has 128 valence electrons. The maximum Gasteiger partial charge on any atom is 0.333 e. The minimum Gasteiger partial charge on any atom is -0.454 e. The van der Waals surface area contributed by atoms with Gasteiger partial charge in [-0.05, 0) is 25.8 Å². The Bertz CT molecular complexity index is 543. The van der Waals surface area contributed by atoms with E-state index in [0.717, 1.165) is 0 Å². The molecule has 0 saturated heterocycles. The predicted molar refractivity (Wildman–Crippen MR) is 83.4 cm³/mol. The van der Waals surface area contributed by atoms with Gasteiger partial charge in [0.25, 0.3) is 0 Å². The lowest BCUT2D eigenvalue weighted by atomic mass is 9.77. The lowest BCUT2D eigenvalue weighted by Crippen LogP contribution is -2.48. The van der Waals surface area contributed by atoms with Crippen LogP contribution in [-0.4, -0.2) is 41.6 Å². The molecule has 1 N–H and O–H groups in total. The second-order valence-corrected chi connectivity index (χ2v) is 5.91. The molecule has 0 aliphatic heterocycles. The summed E-state index contributed by atoms with van der Waals surface area (Å²) in [7, 11) is 0. The van der Waals surface area contributed by atoms with Gasteiger partial charge >= 0.3 is 11.9 Å². The number of allylic oxidation sites excluding steroid dienone is 1. The number of esters is 2. The Morgan fingerprint density at radius 2 is 1.91 bits per heavy atom. The molecule has 1 rings (SSSR count). The summed E-state index contributed by atoms with van der Waals surface area (Å²) in [5.74, 6) is -2.13. The molecule has 0 fully saturated rings. The van der Waals surface area contributed by atoms with E-state index in [1.165, 1.54) is 13.0 Å². The third-order valence-electron chi connectivity index (χ3n) is 3.90. The first-order chi connectivity index (χ1) is 10.7. The van der Waals surface area contributed by atoms with Crippen LogP contribution in [0.15, 0.2) is 23.3 Å². The van der Waals surface area contributed by atoms with Crippen molar-refractivity contribution >= 4 is 17.7 Å². The highest BCUT2D eigenvalue weighted by Crippen LogP contribution is 2.32. The van der Waals surface area contributed by atoms with Crippen molar-refractivity contribution in [2.24, 2.45) is 11.8 Å². The van der Waals surface area contributed by atoms with Gasteiger partial charge in [0.2, 0.25) is 5.78 Å². The number of carbonyl (C=O) groups excluding carboxylic acids is 3. The van der Waals surface area contributed by atoms with Crippen molar-refractivity contribution in [2.75, 3.05) is 6.61 Å². The second-order valence-electron chi connectivity index (χ2n) is 5.91. The lowest BCUT2D eigenvalue weighted by Gasteiger charge is -2.37. The van der Waals surface area contributed by atoms with Crippen LogP contribution in [0.5, 0.6) is 0 Å². The average molecular weight is 324 g/mol. The first-order valence-corrected chi connectivity index (χ1v) is 7.59. The summed E-state index contributed by atoms with van der Waals surface area (Å²) in [5, 5.41) is 9.36. The van der Waals surface area contributed by atoms with Crippen molar-refractivity contribution in [3.05, 3.63) is 23.3 Å². The molecule has 0 aromatic heterocycles. The van der Waals surface area contributed by atoms with Crippen molar-refractivity contribution in [3.8, 4) is 0 Å². The number of aliphatic hydroxyl groups excluding tert-OH is 1. The van der Waals surface area contributed by atoms with Gasteiger partial charge < -0.3 is 14.6 Å². The summed E-state index contributed by atoms with van der Waals surface area (Å²) >= 11 is 0. The molecule has 0 radical (unpaired) electrons. The Morgan fingerprint density at radius 3 is 2.35 bits per heavy atom. The van der Waals surface area contributed by atoms with Gasteiger partial charge in [0, 0.05) is 24.0 Å². The molecule has 1 aliphatic carbocycles. The number of rotatable bonds is 5. The lowest BCUT2D eigenvalue weighted by molar-refractivity contribution is -0.164. The number of ketones is 1. The molecule has 6 heteroatoms. The standard InChI is InChI=1S/C17H24O6/c1-6-10(4)17(21)23-13-7-12(8-18)15(20)16(22-11(5)19)14(13)9(2)3/h6-7,9,13-14,16,18H,8H2,1-5H3. The predicted octanol–water partition coefficient (Wildman–Crippen LogP) is 1.57. The van der Waals surface area contributed by atoms with Crippen LogP contribution in [0.1, 0.15) is 34.6 Å². The van der Waals surface area contributed by atoms with Crippen molar-refractivity contribution in [1.82, 2.24) is 0 Å². The molecule has 0 spiro atoms. The highest BCUT2D eigenvalue weighted by Gasteiger charge is 2.44. The van der Waals surface area contributed by atoms with E-state index >= 15 is 0 Å². The van der Waals surface area contributed by atoms with Crippen LogP contribution in [0.3, 0.4) is 0 Å². The minimum absolute atomic E-state index is 0.0801. The van der Waals surface area contributed by atoms with E-state index in [-0.39, 0.29) is 11.5 Å². The first-order valence-electron chi connectivity index (χ1n) is 7.59. The van der Waals surface area contributed by atoms with Gasteiger partial charge in [0.15, 0.2) is 6.10 Å². The van der Waals surface area contributed by atoms with E-state index < -0.39 is 42.5 Å². The summed E-state index contributed by atoms with van der Waals surface area (Å²) in [6, 6.07) is 0. The van der Waals surface area contributed by atoms with Crippen molar-refractivity contribution in [1.29, 1.82) is 0 Å². The third kappa shape index (κ3) is 4.51. The highest BCUT2D eigenvalue weighted by atomic mass is 16.6. The van der Waals surface area contributed by atoms with Crippen LogP contribution in [0.25, 0.3) is 0 Å². The summed E-state index contributed by atoms with van der Waals surface area (Å²) in [6.45, 7) is 7.77.